The highest BCUT2D eigenvalue weighted by Crippen LogP contribution is 2.52. The van der Waals surface area contributed by atoms with Crippen molar-refractivity contribution < 1.29 is 28.1 Å². The average molecular weight is 388 g/mol. The summed E-state index contributed by atoms with van der Waals surface area (Å²) in [6.07, 6.45) is -4.71. The lowest BCUT2D eigenvalue weighted by Gasteiger charge is -2.38. The van der Waals surface area contributed by atoms with Gasteiger partial charge >= 0.3 is 6.18 Å². The van der Waals surface area contributed by atoms with Crippen LogP contribution >= 0.6 is 0 Å². The monoisotopic (exact) mass is 388 g/mol. The van der Waals surface area contributed by atoms with E-state index in [0.717, 1.165) is 0 Å². The fraction of sp³-hybridized carbons (Fsp3) is 0.182. The number of hydrogen-bond donors (Lipinski definition) is 2. The van der Waals surface area contributed by atoms with Gasteiger partial charge in [-0.1, -0.05) is 36.4 Å². The second kappa shape index (κ2) is 7.11. The number of phenolic OH excluding ortho intramolecular Hbond substituents is 2. The molecule has 28 heavy (non-hydrogen) atoms. The van der Waals surface area contributed by atoms with E-state index in [1.165, 1.54) is 73.8 Å². The van der Waals surface area contributed by atoms with Gasteiger partial charge in [0.25, 0.3) is 0 Å². The number of ether oxygens (including phenoxy) is 1. The molecule has 0 spiro atoms. The molecule has 3 nitrogen and oxygen atoms in total. The van der Waals surface area contributed by atoms with Gasteiger partial charge in [0.1, 0.15) is 22.7 Å². The summed E-state index contributed by atoms with van der Waals surface area (Å²) in [6, 6.07) is 14.5. The fourth-order valence-electron chi connectivity index (χ4n) is 3.43. The lowest BCUT2D eigenvalue weighted by Crippen LogP contribution is -2.44. The highest BCUT2D eigenvalue weighted by Gasteiger charge is 2.58. The van der Waals surface area contributed by atoms with E-state index in [0.29, 0.717) is 11.3 Å². The molecule has 0 heterocycles. The third-order valence-electron chi connectivity index (χ3n) is 4.88. The van der Waals surface area contributed by atoms with Crippen LogP contribution in [-0.2, 0) is 5.41 Å². The van der Waals surface area contributed by atoms with Crippen molar-refractivity contribution in [2.75, 3.05) is 7.11 Å². The van der Waals surface area contributed by atoms with E-state index in [4.69, 9.17) is 4.74 Å². The molecule has 1 unspecified atom stereocenters. The number of phenols is 2. The van der Waals surface area contributed by atoms with Crippen molar-refractivity contribution in [1.29, 1.82) is 0 Å². The Morgan fingerprint density at radius 2 is 1.25 bits per heavy atom. The Balaban J connectivity index is 2.40. The molecule has 0 radical (unpaired) electrons. The van der Waals surface area contributed by atoms with Gasteiger partial charge in [0, 0.05) is 0 Å². The van der Waals surface area contributed by atoms with Crippen LogP contribution in [0.15, 0.2) is 66.7 Å². The van der Waals surface area contributed by atoms with Crippen LogP contribution < -0.4 is 4.74 Å². The van der Waals surface area contributed by atoms with Crippen LogP contribution in [0, 0.1) is 6.92 Å². The van der Waals surface area contributed by atoms with E-state index < -0.39 is 11.6 Å². The lowest BCUT2D eigenvalue weighted by molar-refractivity contribution is -0.166. The number of rotatable bonds is 4. The first-order chi connectivity index (χ1) is 13.2. The molecule has 3 aromatic carbocycles. The van der Waals surface area contributed by atoms with E-state index >= 15 is 0 Å². The van der Waals surface area contributed by atoms with Crippen molar-refractivity contribution in [3.05, 3.63) is 89.0 Å². The zero-order valence-electron chi connectivity index (χ0n) is 15.3. The van der Waals surface area contributed by atoms with E-state index in [1.54, 1.807) is 6.92 Å². The summed E-state index contributed by atoms with van der Waals surface area (Å²) in [7, 11) is 1.44. The predicted octanol–water partition coefficient (Wildman–Crippen LogP) is 5.31. The van der Waals surface area contributed by atoms with Gasteiger partial charge in [-0.05, 0) is 59.5 Å². The molecule has 0 saturated heterocycles. The van der Waals surface area contributed by atoms with E-state index in [-0.39, 0.29) is 28.2 Å². The number of benzene rings is 3. The summed E-state index contributed by atoms with van der Waals surface area (Å²) in [4.78, 5) is 0. The molecule has 6 heteroatoms. The summed E-state index contributed by atoms with van der Waals surface area (Å²) < 4.78 is 49.5. The topological polar surface area (TPSA) is 49.7 Å². The van der Waals surface area contributed by atoms with Gasteiger partial charge in [-0.2, -0.15) is 13.2 Å². The molecule has 1 atom stereocenters. The summed E-state index contributed by atoms with van der Waals surface area (Å²) in [6.45, 7) is 1.55. The van der Waals surface area contributed by atoms with Crippen LogP contribution in [-0.4, -0.2) is 23.5 Å². The molecule has 146 valence electrons. The molecule has 0 fully saturated rings. The normalized spacial score (nSPS) is 13.8. The maximum atomic E-state index is 14.8. The first-order valence-electron chi connectivity index (χ1n) is 8.51. The molecular weight excluding hydrogens is 369 g/mol. The molecule has 3 aromatic rings. The number of halogens is 3. The fourth-order valence-corrected chi connectivity index (χ4v) is 3.43. The minimum absolute atomic E-state index is 0.00317. The van der Waals surface area contributed by atoms with Gasteiger partial charge in [0.15, 0.2) is 0 Å². The van der Waals surface area contributed by atoms with E-state index in [1.807, 2.05) is 0 Å². The van der Waals surface area contributed by atoms with Gasteiger partial charge in [-0.15, -0.1) is 0 Å². The Hall–Kier alpha value is -3.15. The highest BCUT2D eigenvalue weighted by atomic mass is 19.4. The molecule has 0 bridgehead atoms. The first-order valence-corrected chi connectivity index (χ1v) is 8.51. The molecule has 0 aliphatic rings. The van der Waals surface area contributed by atoms with Crippen LogP contribution in [0.2, 0.25) is 0 Å². The van der Waals surface area contributed by atoms with Gasteiger partial charge in [0.2, 0.25) is 0 Å². The second-order valence-corrected chi connectivity index (χ2v) is 6.52. The minimum atomic E-state index is -4.71. The van der Waals surface area contributed by atoms with Gasteiger partial charge in [-0.3, -0.25) is 0 Å². The molecule has 2 N–H and O–H groups in total. The molecule has 0 aliphatic heterocycles. The third-order valence-corrected chi connectivity index (χ3v) is 4.88. The van der Waals surface area contributed by atoms with E-state index in [2.05, 4.69) is 0 Å². The van der Waals surface area contributed by atoms with Gasteiger partial charge in [-0.25, -0.2) is 0 Å². The maximum absolute atomic E-state index is 14.8. The third kappa shape index (κ3) is 3.15. The summed E-state index contributed by atoms with van der Waals surface area (Å²) >= 11 is 0. The van der Waals surface area contributed by atoms with Crippen molar-refractivity contribution in [3.63, 3.8) is 0 Å². The Morgan fingerprint density at radius 1 is 0.750 bits per heavy atom. The van der Waals surface area contributed by atoms with Gasteiger partial charge < -0.3 is 14.9 Å². The number of aromatic hydroxyl groups is 2. The van der Waals surface area contributed by atoms with E-state index in [9.17, 15) is 23.4 Å². The summed E-state index contributed by atoms with van der Waals surface area (Å²) in [5.74, 6) is 0.226. The SMILES string of the molecule is COc1ccc(C(c2ccc(O)cc2)(c2ccc(O)c(C)c2)C(F)(F)F)cc1. The summed E-state index contributed by atoms with van der Waals surface area (Å²) in [5, 5.41) is 19.4. The number of aryl methyl sites for hydroxylation is 1. The zero-order chi connectivity index (χ0) is 20.5. The average Bonchev–Trinajstić information content (AvgIpc) is 2.66. The largest absolute Gasteiger partial charge is 0.508 e. The Bertz CT molecular complexity index is 964. The van der Waals surface area contributed by atoms with Crippen molar-refractivity contribution >= 4 is 0 Å². The molecule has 0 aliphatic carbocycles. The van der Waals surface area contributed by atoms with Crippen molar-refractivity contribution in [3.8, 4) is 17.2 Å². The quantitative estimate of drug-likeness (QED) is 0.596. The summed E-state index contributed by atoms with van der Waals surface area (Å²) in [5.41, 5.74) is -2.25. The van der Waals surface area contributed by atoms with Crippen LogP contribution in [0.1, 0.15) is 22.3 Å². The van der Waals surface area contributed by atoms with Crippen molar-refractivity contribution in [2.45, 2.75) is 18.5 Å². The highest BCUT2D eigenvalue weighted by molar-refractivity contribution is 5.55. The standard InChI is InChI=1S/C22H19F3O3/c1-14-13-17(7-12-20(14)27)21(22(23,24)25,15-3-8-18(26)9-4-15)16-5-10-19(28-2)11-6-16/h3-13,26-27H,1-2H3. The van der Waals surface area contributed by atoms with Crippen LogP contribution in [0.25, 0.3) is 0 Å². The smallest absolute Gasteiger partial charge is 0.406 e. The predicted molar refractivity (Wildman–Crippen MR) is 99.9 cm³/mol. The molecule has 0 saturated carbocycles. The molecule has 0 aromatic heterocycles. The second-order valence-electron chi connectivity index (χ2n) is 6.52. The molecular formula is C22H19F3O3. The first kappa shape index (κ1) is 19.6. The Kier molecular flexibility index (Phi) is 4.98. The van der Waals surface area contributed by atoms with Gasteiger partial charge in [0.05, 0.1) is 7.11 Å². The van der Waals surface area contributed by atoms with Crippen LogP contribution in [0.4, 0.5) is 13.2 Å². The zero-order valence-corrected chi connectivity index (χ0v) is 15.3. The molecule has 0 amide bonds. The maximum Gasteiger partial charge on any atom is 0.406 e. The minimum Gasteiger partial charge on any atom is -0.508 e. The Labute approximate surface area is 160 Å². The van der Waals surface area contributed by atoms with Crippen LogP contribution in [0.3, 0.4) is 0 Å². The van der Waals surface area contributed by atoms with Crippen LogP contribution in [0.5, 0.6) is 17.2 Å². The van der Waals surface area contributed by atoms with Crippen molar-refractivity contribution in [1.82, 2.24) is 0 Å². The number of alkyl halides is 3. The number of methoxy groups -OCH3 is 1. The molecule has 3 rings (SSSR count). The number of hydrogen-bond acceptors (Lipinski definition) is 3. The lowest BCUT2D eigenvalue weighted by atomic mass is 9.68. The van der Waals surface area contributed by atoms with Crippen molar-refractivity contribution in [2.24, 2.45) is 0 Å². The Morgan fingerprint density at radius 3 is 1.71 bits per heavy atom.